The second-order valence-corrected chi connectivity index (χ2v) is 6.60. The van der Waals surface area contributed by atoms with E-state index < -0.39 is 5.56 Å². The van der Waals surface area contributed by atoms with Crippen LogP contribution in [0.2, 0.25) is 0 Å². The number of H-pyrrole nitrogens is 1. The standard InChI is InChI=1S/C22H14N6O/c23-11-15-19-13(20(24)28-22(15)29)10-14-18(12-6-2-1-3-7-12)25-16-8-4-5-9-17(16)26-21(14)27-19/h1-10H,(H,26,27)(H3,24,28,29). The summed E-state index contributed by atoms with van der Waals surface area (Å²) in [5, 5.41) is 13.3. The summed E-state index contributed by atoms with van der Waals surface area (Å²) >= 11 is 0. The van der Waals surface area contributed by atoms with Crippen LogP contribution in [-0.2, 0) is 0 Å². The molecule has 2 aromatic heterocycles. The van der Waals surface area contributed by atoms with Crippen LogP contribution < -0.4 is 16.6 Å². The molecule has 4 aromatic rings. The first-order valence-electron chi connectivity index (χ1n) is 8.93. The summed E-state index contributed by atoms with van der Waals surface area (Å²) in [7, 11) is 0. The molecular weight excluding hydrogens is 364 g/mol. The summed E-state index contributed by atoms with van der Waals surface area (Å²) in [5.74, 6) is 0.667. The second-order valence-electron chi connectivity index (χ2n) is 6.60. The first-order chi connectivity index (χ1) is 14.2. The van der Waals surface area contributed by atoms with Crippen molar-refractivity contribution < 1.29 is 0 Å². The summed E-state index contributed by atoms with van der Waals surface area (Å²) in [5.41, 5.74) is 9.58. The molecule has 0 saturated heterocycles. The molecule has 2 aromatic carbocycles. The van der Waals surface area contributed by atoms with E-state index in [2.05, 4.69) is 15.3 Å². The van der Waals surface area contributed by atoms with E-state index in [4.69, 9.17) is 10.7 Å². The number of benzene rings is 2. The van der Waals surface area contributed by atoms with Gasteiger partial charge in [-0.15, -0.1) is 0 Å². The molecule has 1 aliphatic heterocycles. The van der Waals surface area contributed by atoms with E-state index >= 15 is 0 Å². The van der Waals surface area contributed by atoms with Crippen LogP contribution in [0.4, 0.5) is 23.0 Å². The van der Waals surface area contributed by atoms with Crippen molar-refractivity contribution in [2.45, 2.75) is 0 Å². The third-order valence-electron chi connectivity index (χ3n) is 4.83. The predicted octanol–water partition coefficient (Wildman–Crippen LogP) is 3.60. The molecule has 0 saturated carbocycles. The Morgan fingerprint density at radius 1 is 1.03 bits per heavy atom. The summed E-state index contributed by atoms with van der Waals surface area (Å²) < 4.78 is 0. The van der Waals surface area contributed by atoms with Gasteiger partial charge in [-0.25, -0.2) is 9.98 Å². The van der Waals surface area contributed by atoms with Gasteiger partial charge < -0.3 is 16.0 Å². The lowest BCUT2D eigenvalue weighted by atomic mass is 10.0. The lowest BCUT2D eigenvalue weighted by Crippen LogP contribution is -2.15. The van der Waals surface area contributed by atoms with Crippen molar-refractivity contribution in [2.75, 3.05) is 11.1 Å². The number of nitrogen functional groups attached to an aromatic ring is 1. The molecule has 0 fully saturated rings. The highest BCUT2D eigenvalue weighted by atomic mass is 16.1. The van der Waals surface area contributed by atoms with Crippen LogP contribution in [0.15, 0.2) is 70.5 Å². The number of rotatable bonds is 1. The number of hydrogen-bond donors (Lipinski definition) is 3. The third kappa shape index (κ3) is 2.63. The molecule has 0 aliphatic carbocycles. The number of hydrogen-bond acceptors (Lipinski definition) is 6. The zero-order chi connectivity index (χ0) is 20.0. The second kappa shape index (κ2) is 6.32. The third-order valence-corrected chi connectivity index (χ3v) is 4.83. The van der Waals surface area contributed by atoms with Crippen LogP contribution in [0.5, 0.6) is 0 Å². The Bertz CT molecular complexity index is 1410. The summed E-state index contributed by atoms with van der Waals surface area (Å²) in [4.78, 5) is 24.2. The number of nitrogens with two attached hydrogens (primary N) is 1. The van der Waals surface area contributed by atoms with Crippen molar-refractivity contribution in [1.29, 1.82) is 5.26 Å². The number of pyridine rings is 2. The smallest absolute Gasteiger partial charge is 0.269 e. The lowest BCUT2D eigenvalue weighted by molar-refractivity contribution is 1.23. The van der Waals surface area contributed by atoms with Crippen LogP contribution in [0, 0.1) is 11.3 Å². The van der Waals surface area contributed by atoms with Crippen molar-refractivity contribution in [3.05, 3.63) is 87.7 Å². The van der Waals surface area contributed by atoms with E-state index in [9.17, 15) is 10.1 Å². The Hall–Kier alpha value is -4.44. The molecule has 7 heteroatoms. The molecule has 5 rings (SSSR count). The molecule has 29 heavy (non-hydrogen) atoms. The minimum absolute atomic E-state index is 0.0745. The summed E-state index contributed by atoms with van der Waals surface area (Å²) in [6.45, 7) is 0. The number of fused-ring (bicyclic) bond motifs is 3. The Labute approximate surface area is 165 Å². The van der Waals surface area contributed by atoms with E-state index in [1.54, 1.807) is 0 Å². The Kier molecular flexibility index (Phi) is 3.64. The number of nitrogens with zero attached hydrogens (tertiary/aromatic N) is 3. The average Bonchev–Trinajstić information content (AvgIpc) is 2.90. The number of para-hydroxylation sites is 2. The zero-order valence-corrected chi connectivity index (χ0v) is 15.1. The van der Waals surface area contributed by atoms with Crippen molar-refractivity contribution in [3.63, 3.8) is 0 Å². The molecule has 0 atom stereocenters. The van der Waals surface area contributed by atoms with Crippen molar-refractivity contribution >= 4 is 39.6 Å². The summed E-state index contributed by atoms with van der Waals surface area (Å²) in [6, 6.07) is 21.1. The molecule has 0 spiro atoms. The minimum Gasteiger partial charge on any atom is -0.385 e. The molecule has 7 nitrogen and oxygen atoms in total. The normalized spacial score (nSPS) is 12.2. The maximum Gasteiger partial charge on any atom is 0.269 e. The van der Waals surface area contributed by atoms with Gasteiger partial charge in [0.2, 0.25) is 0 Å². The molecule has 138 valence electrons. The first kappa shape index (κ1) is 16.7. The molecule has 0 bridgehead atoms. The first-order valence-corrected chi connectivity index (χ1v) is 8.93. The zero-order valence-electron chi connectivity index (χ0n) is 15.1. The molecule has 0 unspecified atom stereocenters. The fraction of sp³-hybridized carbons (Fsp3) is 0. The Morgan fingerprint density at radius 2 is 1.79 bits per heavy atom. The van der Waals surface area contributed by atoms with Crippen LogP contribution in [0.1, 0.15) is 16.7 Å². The monoisotopic (exact) mass is 378 g/mol. The van der Waals surface area contributed by atoms with Crippen LogP contribution in [-0.4, -0.2) is 15.7 Å². The van der Waals surface area contributed by atoms with Gasteiger partial charge in [0.1, 0.15) is 23.3 Å². The molecule has 3 heterocycles. The quantitative estimate of drug-likeness (QED) is 0.412. The molecule has 4 N–H and O–H groups in total. The highest BCUT2D eigenvalue weighted by Crippen LogP contribution is 2.36. The Balaban J connectivity index is 1.90. The molecule has 0 amide bonds. The number of aromatic nitrogens is 2. The fourth-order valence-electron chi connectivity index (χ4n) is 3.45. The minimum atomic E-state index is -0.559. The van der Waals surface area contributed by atoms with Crippen LogP contribution in [0.25, 0.3) is 10.9 Å². The van der Waals surface area contributed by atoms with Crippen molar-refractivity contribution in [1.82, 2.24) is 9.97 Å². The van der Waals surface area contributed by atoms with Gasteiger partial charge in [0.15, 0.2) is 0 Å². The van der Waals surface area contributed by atoms with Crippen molar-refractivity contribution in [2.24, 2.45) is 4.99 Å². The van der Waals surface area contributed by atoms with Crippen LogP contribution >= 0.6 is 0 Å². The van der Waals surface area contributed by atoms with Gasteiger partial charge in [0, 0.05) is 16.5 Å². The largest absolute Gasteiger partial charge is 0.385 e. The SMILES string of the molecule is N#Cc1c(=O)[nH]c(N)c2cc3c(nc12)Nc1ccccc1N=C3c1ccccc1. The van der Waals surface area contributed by atoms with Crippen molar-refractivity contribution in [3.8, 4) is 6.07 Å². The van der Waals surface area contributed by atoms with E-state index in [0.29, 0.717) is 11.2 Å². The van der Waals surface area contributed by atoms with Gasteiger partial charge in [0.05, 0.1) is 22.6 Å². The van der Waals surface area contributed by atoms with E-state index in [-0.39, 0.29) is 16.9 Å². The number of nitrogens with one attached hydrogen (secondary N) is 2. The lowest BCUT2D eigenvalue weighted by Gasteiger charge is -2.13. The van der Waals surface area contributed by atoms with Gasteiger partial charge in [-0.2, -0.15) is 5.26 Å². The number of aromatic amines is 1. The number of aliphatic imine (C=N–C) groups is 1. The topological polar surface area (TPSA) is 120 Å². The van der Waals surface area contributed by atoms with Gasteiger partial charge in [-0.3, -0.25) is 4.79 Å². The molecule has 0 radical (unpaired) electrons. The van der Waals surface area contributed by atoms with E-state index in [1.165, 1.54) is 0 Å². The maximum absolute atomic E-state index is 12.2. The van der Waals surface area contributed by atoms with Crippen LogP contribution in [0.3, 0.4) is 0 Å². The fourth-order valence-corrected chi connectivity index (χ4v) is 3.45. The van der Waals surface area contributed by atoms with Gasteiger partial charge in [-0.05, 0) is 18.2 Å². The van der Waals surface area contributed by atoms with E-state index in [1.807, 2.05) is 66.7 Å². The maximum atomic E-state index is 12.2. The number of anilines is 3. The predicted molar refractivity (Wildman–Crippen MR) is 113 cm³/mol. The van der Waals surface area contributed by atoms with Gasteiger partial charge >= 0.3 is 0 Å². The highest BCUT2D eigenvalue weighted by Gasteiger charge is 2.22. The van der Waals surface area contributed by atoms with E-state index in [0.717, 1.165) is 28.2 Å². The Morgan fingerprint density at radius 3 is 2.59 bits per heavy atom. The molecular formula is C22H14N6O. The molecule has 1 aliphatic rings. The van der Waals surface area contributed by atoms with Gasteiger partial charge in [0.25, 0.3) is 5.56 Å². The van der Waals surface area contributed by atoms with Gasteiger partial charge in [-0.1, -0.05) is 42.5 Å². The highest BCUT2D eigenvalue weighted by molar-refractivity contribution is 6.19. The average molecular weight is 378 g/mol. The summed E-state index contributed by atoms with van der Waals surface area (Å²) in [6.07, 6.45) is 0. The number of nitriles is 1.